The van der Waals surface area contributed by atoms with Gasteiger partial charge in [0.1, 0.15) is 11.6 Å². The van der Waals surface area contributed by atoms with Crippen molar-refractivity contribution in [2.75, 3.05) is 18.0 Å². The SMILES string of the molecule is NCCCc1nc(N)c2c(n1)CS(=O)(=O)CC2. The normalized spacial score (nSPS) is 17.7. The lowest BCUT2D eigenvalue weighted by molar-refractivity contribution is 0.590. The molecule has 6 nitrogen and oxygen atoms in total. The van der Waals surface area contributed by atoms with Crippen LogP contribution in [0.1, 0.15) is 23.5 Å². The molecule has 0 amide bonds. The van der Waals surface area contributed by atoms with Gasteiger partial charge in [-0.05, 0) is 19.4 Å². The van der Waals surface area contributed by atoms with Gasteiger partial charge in [0.25, 0.3) is 0 Å². The average molecular weight is 256 g/mol. The third-order valence-corrected chi connectivity index (χ3v) is 4.33. The Morgan fingerprint density at radius 1 is 1.29 bits per heavy atom. The molecule has 1 aromatic rings. The molecule has 17 heavy (non-hydrogen) atoms. The van der Waals surface area contributed by atoms with E-state index in [1.165, 1.54) is 0 Å². The topological polar surface area (TPSA) is 112 Å². The van der Waals surface area contributed by atoms with Crippen molar-refractivity contribution in [1.82, 2.24) is 9.97 Å². The van der Waals surface area contributed by atoms with Crippen molar-refractivity contribution in [3.63, 3.8) is 0 Å². The molecule has 0 saturated heterocycles. The molecule has 0 radical (unpaired) electrons. The minimum Gasteiger partial charge on any atom is -0.383 e. The molecular weight excluding hydrogens is 240 g/mol. The predicted molar refractivity (Wildman–Crippen MR) is 65.0 cm³/mol. The maximum atomic E-state index is 11.5. The summed E-state index contributed by atoms with van der Waals surface area (Å²) < 4.78 is 23.1. The van der Waals surface area contributed by atoms with Gasteiger partial charge in [0.2, 0.25) is 0 Å². The van der Waals surface area contributed by atoms with Crippen LogP contribution in [0, 0.1) is 0 Å². The second-order valence-corrected chi connectivity index (χ2v) is 6.37. The Balaban J connectivity index is 2.35. The highest BCUT2D eigenvalue weighted by molar-refractivity contribution is 7.90. The highest BCUT2D eigenvalue weighted by atomic mass is 32.2. The first kappa shape index (κ1) is 12.3. The van der Waals surface area contributed by atoms with Crippen LogP contribution in [0.3, 0.4) is 0 Å². The molecule has 1 aliphatic heterocycles. The van der Waals surface area contributed by atoms with Gasteiger partial charge in [-0.15, -0.1) is 0 Å². The van der Waals surface area contributed by atoms with Crippen molar-refractivity contribution in [3.8, 4) is 0 Å². The molecule has 0 aromatic carbocycles. The third kappa shape index (κ3) is 2.73. The van der Waals surface area contributed by atoms with E-state index >= 15 is 0 Å². The van der Waals surface area contributed by atoms with Crippen LogP contribution in [0.4, 0.5) is 5.82 Å². The van der Waals surface area contributed by atoms with Crippen LogP contribution in [-0.4, -0.2) is 30.7 Å². The highest BCUT2D eigenvalue weighted by Crippen LogP contribution is 2.23. The van der Waals surface area contributed by atoms with Crippen LogP contribution in [0.25, 0.3) is 0 Å². The summed E-state index contributed by atoms with van der Waals surface area (Å²) in [7, 11) is -3.02. The lowest BCUT2D eigenvalue weighted by atomic mass is 10.1. The number of aromatic nitrogens is 2. The van der Waals surface area contributed by atoms with Crippen LogP contribution in [0.2, 0.25) is 0 Å². The van der Waals surface area contributed by atoms with Crippen molar-refractivity contribution < 1.29 is 8.42 Å². The molecule has 0 unspecified atom stereocenters. The lowest BCUT2D eigenvalue weighted by Gasteiger charge is -2.17. The van der Waals surface area contributed by atoms with Crippen LogP contribution in [-0.2, 0) is 28.4 Å². The minimum atomic E-state index is -3.02. The summed E-state index contributed by atoms with van der Waals surface area (Å²) in [5, 5.41) is 0. The zero-order chi connectivity index (χ0) is 12.5. The molecule has 2 rings (SSSR count). The Kier molecular flexibility index (Phi) is 3.30. The summed E-state index contributed by atoms with van der Waals surface area (Å²) in [4.78, 5) is 8.47. The lowest BCUT2D eigenvalue weighted by Crippen LogP contribution is -2.23. The van der Waals surface area contributed by atoms with Gasteiger partial charge in [-0.3, -0.25) is 0 Å². The Labute approximate surface area is 100 Å². The number of aryl methyl sites for hydroxylation is 1. The number of fused-ring (bicyclic) bond motifs is 1. The number of sulfone groups is 1. The van der Waals surface area contributed by atoms with Gasteiger partial charge in [0.15, 0.2) is 9.84 Å². The molecule has 0 bridgehead atoms. The Bertz CT molecular complexity index is 527. The van der Waals surface area contributed by atoms with Crippen molar-refractivity contribution in [3.05, 3.63) is 17.1 Å². The molecule has 0 aliphatic carbocycles. The number of nitrogens with two attached hydrogens (primary N) is 2. The van der Waals surface area contributed by atoms with E-state index in [1.54, 1.807) is 0 Å². The first-order valence-corrected chi connectivity index (χ1v) is 7.38. The van der Waals surface area contributed by atoms with Crippen molar-refractivity contribution in [2.24, 2.45) is 5.73 Å². The van der Waals surface area contributed by atoms with Gasteiger partial charge in [-0.25, -0.2) is 18.4 Å². The molecule has 0 spiro atoms. The molecule has 1 aromatic heterocycles. The van der Waals surface area contributed by atoms with E-state index in [9.17, 15) is 8.42 Å². The number of rotatable bonds is 3. The number of anilines is 1. The number of nitrogens with zero attached hydrogens (tertiary/aromatic N) is 2. The molecule has 2 heterocycles. The van der Waals surface area contributed by atoms with Crippen molar-refractivity contribution >= 4 is 15.7 Å². The van der Waals surface area contributed by atoms with Gasteiger partial charge >= 0.3 is 0 Å². The van der Waals surface area contributed by atoms with Crippen LogP contribution < -0.4 is 11.5 Å². The first-order valence-electron chi connectivity index (χ1n) is 5.56. The fraction of sp³-hybridized carbons (Fsp3) is 0.600. The molecule has 0 fully saturated rings. The third-order valence-electron chi connectivity index (χ3n) is 2.80. The van der Waals surface area contributed by atoms with E-state index in [2.05, 4.69) is 9.97 Å². The molecule has 4 N–H and O–H groups in total. The predicted octanol–water partition coefficient (Wildman–Crippen LogP) is -0.579. The first-order chi connectivity index (χ1) is 8.02. The number of nitrogen functional groups attached to an aromatic ring is 1. The molecule has 1 aliphatic rings. The molecular formula is C10H16N4O2S. The van der Waals surface area contributed by atoms with E-state index in [0.717, 1.165) is 12.0 Å². The van der Waals surface area contributed by atoms with E-state index in [0.29, 0.717) is 36.7 Å². The smallest absolute Gasteiger partial charge is 0.156 e. The Morgan fingerprint density at radius 3 is 2.76 bits per heavy atom. The van der Waals surface area contributed by atoms with Crippen molar-refractivity contribution in [1.29, 1.82) is 0 Å². The fourth-order valence-electron chi connectivity index (χ4n) is 1.90. The van der Waals surface area contributed by atoms with Gasteiger partial charge in [0.05, 0.1) is 17.2 Å². The standard InChI is InChI=1S/C10H16N4O2S/c11-4-1-2-9-13-8-6-17(15,16)5-3-7(8)10(12)14-9/h1-6,11H2,(H2,12,13,14). The number of hydrogen-bond acceptors (Lipinski definition) is 6. The fourth-order valence-corrected chi connectivity index (χ4v) is 3.22. The van der Waals surface area contributed by atoms with Gasteiger partial charge in [-0.1, -0.05) is 0 Å². The molecule has 94 valence electrons. The Morgan fingerprint density at radius 2 is 2.06 bits per heavy atom. The largest absolute Gasteiger partial charge is 0.383 e. The average Bonchev–Trinajstić information content (AvgIpc) is 2.24. The summed E-state index contributed by atoms with van der Waals surface area (Å²) >= 11 is 0. The summed E-state index contributed by atoms with van der Waals surface area (Å²) in [5.41, 5.74) is 12.6. The van der Waals surface area contributed by atoms with Crippen LogP contribution >= 0.6 is 0 Å². The van der Waals surface area contributed by atoms with E-state index in [1.807, 2.05) is 0 Å². The van der Waals surface area contributed by atoms with E-state index in [-0.39, 0.29) is 11.5 Å². The van der Waals surface area contributed by atoms with Crippen LogP contribution in [0.5, 0.6) is 0 Å². The van der Waals surface area contributed by atoms with Gasteiger partial charge in [0, 0.05) is 12.0 Å². The maximum Gasteiger partial charge on any atom is 0.156 e. The van der Waals surface area contributed by atoms with Gasteiger partial charge in [-0.2, -0.15) is 0 Å². The van der Waals surface area contributed by atoms with Crippen LogP contribution in [0.15, 0.2) is 0 Å². The maximum absolute atomic E-state index is 11.5. The summed E-state index contributed by atoms with van der Waals surface area (Å²) in [5.74, 6) is 1.11. The summed E-state index contributed by atoms with van der Waals surface area (Å²) in [6, 6.07) is 0. The Hall–Kier alpha value is -1.21. The monoisotopic (exact) mass is 256 g/mol. The molecule has 7 heteroatoms. The second kappa shape index (κ2) is 4.58. The second-order valence-electron chi connectivity index (χ2n) is 4.18. The zero-order valence-electron chi connectivity index (χ0n) is 9.52. The van der Waals surface area contributed by atoms with Crippen molar-refractivity contribution in [2.45, 2.75) is 25.0 Å². The van der Waals surface area contributed by atoms with E-state index < -0.39 is 9.84 Å². The zero-order valence-corrected chi connectivity index (χ0v) is 10.3. The highest BCUT2D eigenvalue weighted by Gasteiger charge is 2.25. The molecule has 0 saturated carbocycles. The summed E-state index contributed by atoms with van der Waals surface area (Å²) in [6.07, 6.45) is 1.82. The summed E-state index contributed by atoms with van der Waals surface area (Å²) in [6.45, 7) is 0.554. The van der Waals surface area contributed by atoms with Gasteiger partial charge < -0.3 is 11.5 Å². The quantitative estimate of drug-likeness (QED) is 0.748. The molecule has 0 atom stereocenters. The van der Waals surface area contributed by atoms with E-state index in [4.69, 9.17) is 11.5 Å². The number of hydrogen-bond donors (Lipinski definition) is 2. The minimum absolute atomic E-state index is 0.0231.